The Balaban J connectivity index is 1.85. The van der Waals surface area contributed by atoms with Gasteiger partial charge in [0.15, 0.2) is 0 Å². The minimum atomic E-state index is -0.596. The standard InChI is InChI=1S/C20H15N3O3/c21-11-12-6-8-13(9-7-12)15-10-16(14-4-2-1-3-5-14)26-19-17(15)18(24)22-20(25)23-19/h1-9,15-16H,10H2,(H2,22,23,24,25)/t15-,16+/m1/s1. The summed E-state index contributed by atoms with van der Waals surface area (Å²) in [6.07, 6.45) is 0.264. The van der Waals surface area contributed by atoms with Gasteiger partial charge in [-0.3, -0.25) is 14.8 Å². The first-order chi connectivity index (χ1) is 12.7. The van der Waals surface area contributed by atoms with Gasteiger partial charge in [0.05, 0.1) is 17.2 Å². The summed E-state index contributed by atoms with van der Waals surface area (Å²) in [5, 5.41) is 9.00. The van der Waals surface area contributed by atoms with Crippen LogP contribution >= 0.6 is 0 Å². The molecule has 6 heteroatoms. The lowest BCUT2D eigenvalue weighted by Crippen LogP contribution is -2.33. The Labute approximate surface area is 148 Å². The number of nitrogens with zero attached hydrogens (tertiary/aromatic N) is 1. The molecule has 0 saturated carbocycles. The molecule has 1 aliphatic heterocycles. The van der Waals surface area contributed by atoms with Gasteiger partial charge in [-0.2, -0.15) is 5.26 Å². The topological polar surface area (TPSA) is 98.7 Å². The van der Waals surface area contributed by atoms with Crippen molar-refractivity contribution >= 4 is 0 Å². The molecule has 0 amide bonds. The third-order valence-corrected chi connectivity index (χ3v) is 4.62. The van der Waals surface area contributed by atoms with Crippen molar-refractivity contribution in [2.24, 2.45) is 0 Å². The quantitative estimate of drug-likeness (QED) is 0.746. The fourth-order valence-corrected chi connectivity index (χ4v) is 3.37. The highest BCUT2D eigenvalue weighted by molar-refractivity contribution is 5.42. The molecule has 6 nitrogen and oxygen atoms in total. The third-order valence-electron chi connectivity index (χ3n) is 4.62. The first-order valence-corrected chi connectivity index (χ1v) is 8.24. The zero-order chi connectivity index (χ0) is 18.1. The summed E-state index contributed by atoms with van der Waals surface area (Å²) in [5.74, 6) is -0.0505. The summed E-state index contributed by atoms with van der Waals surface area (Å²) in [5.41, 5.74) is 1.77. The first-order valence-electron chi connectivity index (χ1n) is 8.24. The monoisotopic (exact) mass is 345 g/mol. The molecule has 2 aromatic carbocycles. The Morgan fingerprint density at radius 3 is 2.38 bits per heavy atom. The molecule has 1 aromatic heterocycles. The van der Waals surface area contributed by atoms with E-state index in [-0.39, 0.29) is 17.9 Å². The van der Waals surface area contributed by atoms with Gasteiger partial charge in [0.2, 0.25) is 5.88 Å². The van der Waals surface area contributed by atoms with E-state index in [9.17, 15) is 9.59 Å². The van der Waals surface area contributed by atoms with E-state index >= 15 is 0 Å². The van der Waals surface area contributed by atoms with Gasteiger partial charge in [0.1, 0.15) is 6.10 Å². The van der Waals surface area contributed by atoms with Crippen LogP contribution in [0, 0.1) is 11.3 Å². The number of fused-ring (bicyclic) bond motifs is 1. The first kappa shape index (κ1) is 15.9. The SMILES string of the molecule is N#Cc1ccc([C@H]2C[C@@H](c3ccccc3)Oc3[nH]c(=O)[nH]c(=O)c32)cc1. The van der Waals surface area contributed by atoms with Crippen molar-refractivity contribution in [1.29, 1.82) is 5.26 Å². The van der Waals surface area contributed by atoms with Gasteiger partial charge >= 0.3 is 5.69 Å². The molecule has 128 valence electrons. The van der Waals surface area contributed by atoms with E-state index in [1.54, 1.807) is 12.1 Å². The molecule has 0 saturated heterocycles. The zero-order valence-electron chi connectivity index (χ0n) is 13.7. The number of aromatic amines is 2. The third kappa shape index (κ3) is 2.80. The fraction of sp³-hybridized carbons (Fsp3) is 0.150. The van der Waals surface area contributed by atoms with Crippen LogP contribution in [0.3, 0.4) is 0 Å². The molecule has 3 aromatic rings. The van der Waals surface area contributed by atoms with Gasteiger partial charge in [-0.1, -0.05) is 42.5 Å². The molecule has 2 N–H and O–H groups in total. The average molecular weight is 345 g/mol. The minimum absolute atomic E-state index is 0.202. The van der Waals surface area contributed by atoms with Crippen LogP contribution in [-0.2, 0) is 0 Å². The normalized spacial score (nSPS) is 18.4. The molecule has 2 atom stereocenters. The maximum Gasteiger partial charge on any atom is 0.328 e. The number of hydrogen-bond acceptors (Lipinski definition) is 4. The van der Waals surface area contributed by atoms with E-state index in [1.807, 2.05) is 42.5 Å². The number of aromatic nitrogens is 2. The van der Waals surface area contributed by atoms with Crippen LogP contribution in [0.1, 0.15) is 40.7 Å². The number of nitriles is 1. The lowest BCUT2D eigenvalue weighted by molar-refractivity contribution is 0.157. The molecule has 2 heterocycles. The summed E-state index contributed by atoms with van der Waals surface area (Å²) >= 11 is 0. The minimum Gasteiger partial charge on any atom is -0.470 e. The summed E-state index contributed by atoms with van der Waals surface area (Å²) < 4.78 is 5.95. The predicted molar refractivity (Wildman–Crippen MR) is 95.1 cm³/mol. The highest BCUT2D eigenvalue weighted by atomic mass is 16.5. The molecule has 0 aliphatic carbocycles. The van der Waals surface area contributed by atoms with E-state index < -0.39 is 11.2 Å². The van der Waals surface area contributed by atoms with Gasteiger partial charge in [0, 0.05) is 5.92 Å². The van der Waals surface area contributed by atoms with Crippen LogP contribution in [0.4, 0.5) is 0 Å². The molecule has 26 heavy (non-hydrogen) atoms. The smallest absolute Gasteiger partial charge is 0.328 e. The van der Waals surface area contributed by atoms with Crippen LogP contribution in [0.15, 0.2) is 64.2 Å². The van der Waals surface area contributed by atoms with E-state index in [4.69, 9.17) is 10.00 Å². The van der Waals surface area contributed by atoms with E-state index in [0.29, 0.717) is 17.5 Å². The Bertz CT molecular complexity index is 1090. The Hall–Kier alpha value is -3.59. The van der Waals surface area contributed by atoms with Crippen molar-refractivity contribution in [3.05, 3.63) is 97.7 Å². The zero-order valence-corrected chi connectivity index (χ0v) is 13.7. The average Bonchev–Trinajstić information content (AvgIpc) is 2.67. The van der Waals surface area contributed by atoms with Crippen molar-refractivity contribution in [2.45, 2.75) is 18.4 Å². The van der Waals surface area contributed by atoms with Crippen LogP contribution in [-0.4, -0.2) is 9.97 Å². The Morgan fingerprint density at radius 1 is 0.962 bits per heavy atom. The van der Waals surface area contributed by atoms with Crippen molar-refractivity contribution < 1.29 is 4.74 Å². The molecule has 0 radical (unpaired) electrons. The molecular formula is C20H15N3O3. The Morgan fingerprint density at radius 2 is 1.69 bits per heavy atom. The molecule has 0 bridgehead atoms. The molecule has 0 unspecified atom stereocenters. The number of H-pyrrole nitrogens is 2. The number of ether oxygens (including phenoxy) is 1. The fourth-order valence-electron chi connectivity index (χ4n) is 3.37. The van der Waals surface area contributed by atoms with E-state index in [0.717, 1.165) is 11.1 Å². The molecule has 1 aliphatic rings. The van der Waals surface area contributed by atoms with Crippen LogP contribution < -0.4 is 16.0 Å². The highest BCUT2D eigenvalue weighted by Crippen LogP contribution is 2.42. The van der Waals surface area contributed by atoms with E-state index in [1.165, 1.54) is 0 Å². The summed E-state index contributed by atoms with van der Waals surface area (Å²) in [6, 6.07) is 18.9. The van der Waals surface area contributed by atoms with E-state index in [2.05, 4.69) is 16.0 Å². The molecule has 0 fully saturated rings. The van der Waals surface area contributed by atoms with Crippen molar-refractivity contribution in [1.82, 2.24) is 9.97 Å². The van der Waals surface area contributed by atoms with Crippen LogP contribution in [0.2, 0.25) is 0 Å². The number of nitrogens with one attached hydrogen (secondary N) is 2. The van der Waals surface area contributed by atoms with Crippen LogP contribution in [0.25, 0.3) is 0 Å². The largest absolute Gasteiger partial charge is 0.470 e. The summed E-state index contributed by atoms with van der Waals surface area (Å²) in [4.78, 5) is 29.0. The lowest BCUT2D eigenvalue weighted by atomic mass is 9.84. The molecule has 4 rings (SSSR count). The highest BCUT2D eigenvalue weighted by Gasteiger charge is 2.33. The summed E-state index contributed by atoms with van der Waals surface area (Å²) in [7, 11) is 0. The number of rotatable bonds is 2. The van der Waals surface area contributed by atoms with Gasteiger partial charge < -0.3 is 4.74 Å². The van der Waals surface area contributed by atoms with Gasteiger partial charge in [-0.05, 0) is 29.7 Å². The molecular weight excluding hydrogens is 330 g/mol. The van der Waals surface area contributed by atoms with Crippen molar-refractivity contribution in [3.8, 4) is 11.9 Å². The second kappa shape index (κ2) is 6.37. The predicted octanol–water partition coefficient (Wildman–Crippen LogP) is 2.59. The maximum absolute atomic E-state index is 12.4. The number of hydrogen-bond donors (Lipinski definition) is 2. The second-order valence-corrected chi connectivity index (χ2v) is 6.19. The van der Waals surface area contributed by atoms with Crippen LogP contribution in [0.5, 0.6) is 5.88 Å². The Kier molecular flexibility index (Phi) is 3.90. The van der Waals surface area contributed by atoms with Gasteiger partial charge in [-0.15, -0.1) is 0 Å². The van der Waals surface area contributed by atoms with Gasteiger partial charge in [-0.25, -0.2) is 4.79 Å². The van der Waals surface area contributed by atoms with Gasteiger partial charge in [0.25, 0.3) is 5.56 Å². The van der Waals surface area contributed by atoms with Crippen molar-refractivity contribution in [2.75, 3.05) is 0 Å². The van der Waals surface area contributed by atoms with Crippen molar-refractivity contribution in [3.63, 3.8) is 0 Å². The molecule has 0 spiro atoms. The number of benzene rings is 2. The summed E-state index contributed by atoms with van der Waals surface area (Å²) in [6.45, 7) is 0. The lowest BCUT2D eigenvalue weighted by Gasteiger charge is -2.31. The second-order valence-electron chi connectivity index (χ2n) is 6.19. The maximum atomic E-state index is 12.4.